The summed E-state index contributed by atoms with van der Waals surface area (Å²) in [6.07, 6.45) is 3.09. The van der Waals surface area contributed by atoms with Gasteiger partial charge < -0.3 is 15.2 Å². The predicted octanol–water partition coefficient (Wildman–Crippen LogP) is 4.02. The number of benzene rings is 1. The molecule has 3 aromatic rings. The first-order valence-electron chi connectivity index (χ1n) is 7.44. The highest BCUT2D eigenvalue weighted by Gasteiger charge is 2.15. The minimum absolute atomic E-state index is 0.0462. The van der Waals surface area contributed by atoms with Crippen LogP contribution in [0.5, 0.6) is 17.2 Å². The zero-order chi connectivity index (χ0) is 17.8. The van der Waals surface area contributed by atoms with Gasteiger partial charge in [0.1, 0.15) is 11.3 Å². The Balaban J connectivity index is 1.92. The minimum atomic E-state index is -0.923. The number of aromatic nitrogens is 2. The first-order valence-corrected chi connectivity index (χ1v) is 7.44. The number of anilines is 1. The summed E-state index contributed by atoms with van der Waals surface area (Å²) in [7, 11) is 0. The lowest BCUT2D eigenvalue weighted by Crippen LogP contribution is -2.00. The number of hydrogen-bond acceptors (Lipinski definition) is 5. The van der Waals surface area contributed by atoms with Crippen LogP contribution in [-0.2, 0) is 0 Å². The van der Waals surface area contributed by atoms with Crippen molar-refractivity contribution in [1.29, 1.82) is 0 Å². The molecule has 25 heavy (non-hydrogen) atoms. The number of rotatable bonds is 6. The average molecular weight is 349 g/mol. The molecule has 0 saturated heterocycles. The number of nitrogens with two attached hydrogens (primary N) is 1. The van der Waals surface area contributed by atoms with Gasteiger partial charge in [-0.3, -0.25) is 9.37 Å². The monoisotopic (exact) mass is 349 g/mol. The van der Waals surface area contributed by atoms with Crippen molar-refractivity contribution in [2.24, 2.45) is 0 Å². The number of pyridine rings is 2. The van der Waals surface area contributed by atoms with E-state index in [1.165, 1.54) is 18.5 Å². The highest BCUT2D eigenvalue weighted by Crippen LogP contribution is 2.33. The van der Waals surface area contributed by atoms with Gasteiger partial charge in [-0.1, -0.05) is 0 Å². The van der Waals surface area contributed by atoms with Crippen LogP contribution in [0.2, 0.25) is 0 Å². The van der Waals surface area contributed by atoms with Crippen LogP contribution in [0.3, 0.4) is 0 Å². The van der Waals surface area contributed by atoms with Crippen molar-refractivity contribution >= 4 is 16.7 Å². The molecule has 0 aliphatic heterocycles. The van der Waals surface area contributed by atoms with E-state index in [9.17, 15) is 13.2 Å². The molecular formula is C17H14F3N3O2. The Labute approximate surface area is 141 Å². The molecule has 0 aliphatic carbocycles. The van der Waals surface area contributed by atoms with Crippen LogP contribution in [0.4, 0.5) is 18.9 Å². The molecule has 2 aromatic heterocycles. The molecule has 0 saturated carbocycles. The summed E-state index contributed by atoms with van der Waals surface area (Å²) >= 11 is 0. The summed E-state index contributed by atoms with van der Waals surface area (Å²) in [4.78, 5) is 8.28. The van der Waals surface area contributed by atoms with Crippen LogP contribution in [0.15, 0.2) is 36.7 Å². The van der Waals surface area contributed by atoms with E-state index in [4.69, 9.17) is 15.2 Å². The fourth-order valence-corrected chi connectivity index (χ4v) is 2.18. The average Bonchev–Trinajstić information content (AvgIpc) is 2.58. The molecule has 0 amide bonds. The maximum absolute atomic E-state index is 13.9. The Morgan fingerprint density at radius 1 is 1.08 bits per heavy atom. The van der Waals surface area contributed by atoms with E-state index in [0.717, 1.165) is 12.1 Å². The van der Waals surface area contributed by atoms with Gasteiger partial charge in [-0.15, -0.1) is 0 Å². The molecule has 0 aliphatic rings. The summed E-state index contributed by atoms with van der Waals surface area (Å²) in [5.41, 5.74) is 6.05. The van der Waals surface area contributed by atoms with Crippen LogP contribution < -0.4 is 15.2 Å². The SMILES string of the molecule is Nc1cc(F)c(Oc2ccnc3cc(OCCCF)cnc23)c(F)c1. The van der Waals surface area contributed by atoms with Crippen molar-refractivity contribution in [3.8, 4) is 17.2 Å². The lowest BCUT2D eigenvalue weighted by molar-refractivity contribution is 0.289. The second kappa shape index (κ2) is 7.25. The topological polar surface area (TPSA) is 70.3 Å². The zero-order valence-electron chi connectivity index (χ0n) is 13.0. The van der Waals surface area contributed by atoms with Gasteiger partial charge in [-0.2, -0.15) is 0 Å². The van der Waals surface area contributed by atoms with E-state index in [2.05, 4.69) is 9.97 Å². The second-order valence-electron chi connectivity index (χ2n) is 5.15. The van der Waals surface area contributed by atoms with E-state index in [0.29, 0.717) is 16.8 Å². The summed E-state index contributed by atoms with van der Waals surface area (Å²) in [6, 6.07) is 4.95. The third-order valence-corrected chi connectivity index (χ3v) is 3.29. The summed E-state index contributed by atoms with van der Waals surface area (Å²) in [5.74, 6) is -1.88. The Hall–Kier alpha value is -3.03. The van der Waals surface area contributed by atoms with Gasteiger partial charge in [0, 0.05) is 42.6 Å². The number of fused-ring (bicyclic) bond motifs is 1. The maximum Gasteiger partial charge on any atom is 0.198 e. The largest absolute Gasteiger partial charge is 0.492 e. The number of ether oxygens (including phenoxy) is 2. The van der Waals surface area contributed by atoms with Crippen molar-refractivity contribution < 1.29 is 22.6 Å². The number of nitrogen functional groups attached to an aromatic ring is 1. The van der Waals surface area contributed by atoms with Crippen LogP contribution >= 0.6 is 0 Å². The zero-order valence-corrected chi connectivity index (χ0v) is 13.0. The molecule has 2 N–H and O–H groups in total. The molecule has 1 aromatic carbocycles. The lowest BCUT2D eigenvalue weighted by atomic mass is 10.2. The first-order chi connectivity index (χ1) is 12.1. The van der Waals surface area contributed by atoms with Crippen molar-refractivity contribution in [2.75, 3.05) is 19.0 Å². The van der Waals surface area contributed by atoms with E-state index in [1.54, 1.807) is 6.07 Å². The number of nitrogens with zero attached hydrogens (tertiary/aromatic N) is 2. The maximum atomic E-state index is 13.9. The highest BCUT2D eigenvalue weighted by atomic mass is 19.1. The lowest BCUT2D eigenvalue weighted by Gasteiger charge is -2.11. The third kappa shape index (κ3) is 3.73. The molecule has 0 fully saturated rings. The second-order valence-corrected chi connectivity index (χ2v) is 5.15. The van der Waals surface area contributed by atoms with Gasteiger partial charge in [-0.05, 0) is 0 Å². The minimum Gasteiger partial charge on any atom is -0.492 e. The fraction of sp³-hybridized carbons (Fsp3) is 0.176. The van der Waals surface area contributed by atoms with Crippen molar-refractivity contribution in [2.45, 2.75) is 6.42 Å². The normalized spacial score (nSPS) is 10.8. The number of hydrogen-bond donors (Lipinski definition) is 1. The number of halogens is 3. The molecule has 5 nitrogen and oxygen atoms in total. The van der Waals surface area contributed by atoms with Gasteiger partial charge in [0.15, 0.2) is 23.1 Å². The number of alkyl halides is 1. The molecule has 0 radical (unpaired) electrons. The highest BCUT2D eigenvalue weighted by molar-refractivity contribution is 5.81. The van der Waals surface area contributed by atoms with E-state index in [-0.39, 0.29) is 24.5 Å². The molecule has 130 valence electrons. The van der Waals surface area contributed by atoms with Crippen molar-refractivity contribution in [1.82, 2.24) is 9.97 Å². The molecule has 0 atom stereocenters. The van der Waals surface area contributed by atoms with E-state index >= 15 is 0 Å². The van der Waals surface area contributed by atoms with Crippen molar-refractivity contribution in [3.63, 3.8) is 0 Å². The Morgan fingerprint density at radius 3 is 2.56 bits per heavy atom. The molecular weight excluding hydrogens is 335 g/mol. The predicted molar refractivity (Wildman–Crippen MR) is 86.5 cm³/mol. The van der Waals surface area contributed by atoms with Crippen LogP contribution in [0.25, 0.3) is 11.0 Å². The molecule has 8 heteroatoms. The van der Waals surface area contributed by atoms with Gasteiger partial charge in [0.2, 0.25) is 0 Å². The van der Waals surface area contributed by atoms with E-state index < -0.39 is 24.1 Å². The Bertz CT molecular complexity index is 882. The van der Waals surface area contributed by atoms with Crippen LogP contribution in [0.1, 0.15) is 6.42 Å². The van der Waals surface area contributed by atoms with Gasteiger partial charge >= 0.3 is 0 Å². The molecule has 0 unspecified atom stereocenters. The smallest absolute Gasteiger partial charge is 0.198 e. The van der Waals surface area contributed by atoms with Gasteiger partial charge in [0.05, 0.1) is 25.0 Å². The van der Waals surface area contributed by atoms with Crippen LogP contribution in [-0.4, -0.2) is 23.2 Å². The molecule has 0 spiro atoms. The van der Waals surface area contributed by atoms with E-state index in [1.807, 2.05) is 0 Å². The molecule has 2 heterocycles. The standard InChI is InChI=1S/C17H14F3N3O2/c18-3-1-5-24-11-8-14-16(23-9-11)15(2-4-22-14)25-17-12(19)6-10(21)7-13(17)20/h2,4,6-9H,1,3,5,21H2. The fourth-order valence-electron chi connectivity index (χ4n) is 2.18. The summed E-state index contributed by atoms with van der Waals surface area (Å²) < 4.78 is 50.6. The van der Waals surface area contributed by atoms with Gasteiger partial charge in [0.25, 0.3) is 0 Å². The third-order valence-electron chi connectivity index (χ3n) is 3.29. The van der Waals surface area contributed by atoms with Crippen molar-refractivity contribution in [3.05, 3.63) is 48.3 Å². The summed E-state index contributed by atoms with van der Waals surface area (Å²) in [5, 5.41) is 0. The molecule has 3 rings (SSSR count). The molecule has 0 bridgehead atoms. The Kier molecular flexibility index (Phi) is 4.87. The summed E-state index contributed by atoms with van der Waals surface area (Å²) in [6.45, 7) is -0.266. The van der Waals surface area contributed by atoms with Crippen LogP contribution in [0, 0.1) is 11.6 Å². The first kappa shape index (κ1) is 16.8. The van der Waals surface area contributed by atoms with Gasteiger partial charge in [-0.25, -0.2) is 13.8 Å². The Morgan fingerprint density at radius 2 is 1.84 bits per heavy atom. The quantitative estimate of drug-likeness (QED) is 0.538.